The van der Waals surface area contributed by atoms with E-state index in [2.05, 4.69) is 12.0 Å². The van der Waals surface area contributed by atoms with E-state index in [1.165, 1.54) is 6.08 Å². The van der Waals surface area contributed by atoms with E-state index in [-0.39, 0.29) is 13.2 Å². The van der Waals surface area contributed by atoms with Crippen molar-refractivity contribution in [2.45, 2.75) is 26.3 Å². The van der Waals surface area contributed by atoms with Crippen LogP contribution in [0.1, 0.15) is 26.3 Å². The van der Waals surface area contributed by atoms with Crippen molar-refractivity contribution in [3.63, 3.8) is 0 Å². The molecular formula is C17H24N2O5. The van der Waals surface area contributed by atoms with Gasteiger partial charge in [-0.25, -0.2) is 20.0 Å². The van der Waals surface area contributed by atoms with Crippen molar-refractivity contribution in [1.82, 2.24) is 10.4 Å². The molecule has 0 bridgehead atoms. The second kappa shape index (κ2) is 8.81. The minimum absolute atomic E-state index is 0.162. The first-order valence-corrected chi connectivity index (χ1v) is 7.61. The van der Waals surface area contributed by atoms with Crippen molar-refractivity contribution in [2.24, 2.45) is 0 Å². The maximum Gasteiger partial charge on any atom is 0.429 e. The van der Waals surface area contributed by atoms with E-state index < -0.39 is 17.7 Å². The van der Waals surface area contributed by atoms with Crippen molar-refractivity contribution in [3.05, 3.63) is 42.5 Å². The van der Waals surface area contributed by atoms with Crippen molar-refractivity contribution in [3.8, 4) is 5.75 Å². The van der Waals surface area contributed by atoms with Crippen LogP contribution in [0.25, 0.3) is 0 Å². The van der Waals surface area contributed by atoms with Gasteiger partial charge in [0.15, 0.2) is 0 Å². The molecule has 0 aliphatic carbocycles. The number of methoxy groups -OCH3 is 1. The number of amides is 2. The summed E-state index contributed by atoms with van der Waals surface area (Å²) in [5.74, 6) is 0.672. The minimum atomic E-state index is -1.05. The van der Waals surface area contributed by atoms with Crippen LogP contribution in [0.15, 0.2) is 36.9 Å². The van der Waals surface area contributed by atoms with Crippen LogP contribution in [-0.2, 0) is 15.0 Å². The molecule has 0 spiro atoms. The molecule has 24 heavy (non-hydrogen) atoms. The molecule has 2 amide bonds. The lowest BCUT2D eigenvalue weighted by molar-refractivity contribution is 0.0376. The predicted octanol–water partition coefficient (Wildman–Crippen LogP) is 3.22. The Morgan fingerprint density at radius 2 is 1.79 bits per heavy atom. The molecule has 0 aliphatic heterocycles. The lowest BCUT2D eigenvalue weighted by Gasteiger charge is -2.37. The third kappa shape index (κ3) is 4.41. The first-order chi connectivity index (χ1) is 11.4. The molecule has 7 heteroatoms. The Bertz CT molecular complexity index is 573. The summed E-state index contributed by atoms with van der Waals surface area (Å²) in [4.78, 5) is 24.2. The van der Waals surface area contributed by atoms with Crippen LogP contribution in [-0.4, -0.2) is 37.5 Å². The number of hydrazine groups is 1. The standard InChI is InChI=1S/C17H24N2O5/c1-6-17(4,13-9-11-14(22-5)12-10-13)19(16(21)24-8-3)18-15(20)23-7-2/h6,9-12H,1,7-8H2,2-5H3,(H,18,20). The van der Waals surface area contributed by atoms with Gasteiger partial charge in [-0.2, -0.15) is 0 Å². The number of hydrogen-bond acceptors (Lipinski definition) is 5. The van der Waals surface area contributed by atoms with Crippen molar-refractivity contribution in [1.29, 1.82) is 0 Å². The number of carbonyl (C=O) groups excluding carboxylic acids is 2. The molecule has 1 aromatic rings. The molecule has 0 fully saturated rings. The fourth-order valence-corrected chi connectivity index (χ4v) is 2.06. The van der Waals surface area contributed by atoms with E-state index in [4.69, 9.17) is 14.2 Å². The number of carbonyl (C=O) groups is 2. The van der Waals surface area contributed by atoms with Gasteiger partial charge in [0.05, 0.1) is 20.3 Å². The molecule has 0 radical (unpaired) electrons. The molecule has 1 unspecified atom stereocenters. The first-order valence-electron chi connectivity index (χ1n) is 7.61. The van der Waals surface area contributed by atoms with Crippen LogP contribution >= 0.6 is 0 Å². The van der Waals surface area contributed by atoms with E-state index >= 15 is 0 Å². The van der Waals surface area contributed by atoms with Gasteiger partial charge in [0.2, 0.25) is 0 Å². The summed E-state index contributed by atoms with van der Waals surface area (Å²) in [6.45, 7) is 9.21. The zero-order valence-electron chi connectivity index (χ0n) is 14.5. The van der Waals surface area contributed by atoms with Crippen LogP contribution < -0.4 is 10.2 Å². The Morgan fingerprint density at radius 1 is 1.21 bits per heavy atom. The van der Waals surface area contributed by atoms with Gasteiger partial charge in [0.25, 0.3) is 0 Å². The highest BCUT2D eigenvalue weighted by Crippen LogP contribution is 2.30. The SMILES string of the molecule is C=CC(C)(c1ccc(OC)cc1)N(NC(=O)OCC)C(=O)OCC. The van der Waals surface area contributed by atoms with Gasteiger partial charge in [0.1, 0.15) is 11.3 Å². The molecule has 0 saturated heterocycles. The van der Waals surface area contributed by atoms with Gasteiger partial charge in [0, 0.05) is 0 Å². The van der Waals surface area contributed by atoms with Crippen LogP contribution in [0.3, 0.4) is 0 Å². The zero-order valence-corrected chi connectivity index (χ0v) is 14.5. The van der Waals surface area contributed by atoms with Gasteiger partial charge < -0.3 is 14.2 Å². The molecule has 0 aromatic heterocycles. The lowest BCUT2D eigenvalue weighted by Crippen LogP contribution is -2.56. The quantitative estimate of drug-likeness (QED) is 0.637. The van der Waals surface area contributed by atoms with Crippen molar-refractivity contribution >= 4 is 12.2 Å². The second-order valence-corrected chi connectivity index (χ2v) is 4.95. The van der Waals surface area contributed by atoms with Crippen molar-refractivity contribution < 1.29 is 23.8 Å². The smallest absolute Gasteiger partial charge is 0.429 e. The number of ether oxygens (including phenoxy) is 3. The molecule has 132 valence electrons. The van der Waals surface area contributed by atoms with Crippen LogP contribution in [0.5, 0.6) is 5.75 Å². The summed E-state index contributed by atoms with van der Waals surface area (Å²) in [6, 6.07) is 7.06. The van der Waals surface area contributed by atoms with Gasteiger partial charge in [-0.05, 0) is 38.5 Å². The number of hydrogen-bond donors (Lipinski definition) is 1. The van der Waals surface area contributed by atoms with Crippen LogP contribution in [0.4, 0.5) is 9.59 Å². The van der Waals surface area contributed by atoms with Gasteiger partial charge in [-0.15, -0.1) is 6.58 Å². The molecular weight excluding hydrogens is 312 g/mol. The summed E-state index contributed by atoms with van der Waals surface area (Å²) >= 11 is 0. The Morgan fingerprint density at radius 3 is 2.25 bits per heavy atom. The molecule has 1 N–H and O–H groups in total. The number of rotatable bonds is 6. The first kappa shape index (κ1) is 19.3. The highest BCUT2D eigenvalue weighted by molar-refractivity contribution is 5.75. The Balaban J connectivity index is 3.23. The largest absolute Gasteiger partial charge is 0.497 e. The summed E-state index contributed by atoms with van der Waals surface area (Å²) < 4.78 is 15.0. The van der Waals surface area contributed by atoms with Gasteiger partial charge >= 0.3 is 12.2 Å². The third-order valence-corrected chi connectivity index (χ3v) is 3.47. The topological polar surface area (TPSA) is 77.1 Å². The molecule has 0 aliphatic rings. The number of benzene rings is 1. The summed E-state index contributed by atoms with van der Waals surface area (Å²) in [6.07, 6.45) is 0.0636. The van der Waals surface area contributed by atoms with Gasteiger partial charge in [-0.3, -0.25) is 0 Å². The molecule has 7 nitrogen and oxygen atoms in total. The van der Waals surface area contributed by atoms with Crippen LogP contribution in [0.2, 0.25) is 0 Å². The van der Waals surface area contributed by atoms with Gasteiger partial charge in [-0.1, -0.05) is 18.2 Å². The second-order valence-electron chi connectivity index (χ2n) is 4.95. The fraction of sp³-hybridized carbons (Fsp3) is 0.412. The van der Waals surface area contributed by atoms with E-state index in [1.807, 2.05) is 0 Å². The lowest BCUT2D eigenvalue weighted by atomic mass is 9.91. The molecule has 1 rings (SSSR count). The van der Waals surface area contributed by atoms with E-state index in [1.54, 1.807) is 52.1 Å². The Hall–Kier alpha value is -2.70. The molecule has 0 saturated carbocycles. The highest BCUT2D eigenvalue weighted by Gasteiger charge is 2.37. The molecule has 0 heterocycles. The fourth-order valence-electron chi connectivity index (χ4n) is 2.06. The monoisotopic (exact) mass is 336 g/mol. The maximum absolute atomic E-state index is 12.3. The predicted molar refractivity (Wildman–Crippen MR) is 89.6 cm³/mol. The number of nitrogens with zero attached hydrogens (tertiary/aromatic N) is 1. The van der Waals surface area contributed by atoms with Crippen molar-refractivity contribution in [2.75, 3.05) is 20.3 Å². The Labute approximate surface area is 142 Å². The molecule has 1 atom stereocenters. The average molecular weight is 336 g/mol. The summed E-state index contributed by atoms with van der Waals surface area (Å²) in [5.41, 5.74) is 2.08. The zero-order chi connectivity index (χ0) is 18.2. The number of nitrogens with one attached hydrogen (secondary N) is 1. The summed E-state index contributed by atoms with van der Waals surface area (Å²) in [7, 11) is 1.56. The van der Waals surface area contributed by atoms with E-state index in [0.717, 1.165) is 5.01 Å². The average Bonchev–Trinajstić information content (AvgIpc) is 2.59. The summed E-state index contributed by atoms with van der Waals surface area (Å²) in [5, 5.41) is 1.06. The molecule has 1 aromatic carbocycles. The van der Waals surface area contributed by atoms with E-state index in [9.17, 15) is 9.59 Å². The minimum Gasteiger partial charge on any atom is -0.497 e. The maximum atomic E-state index is 12.3. The van der Waals surface area contributed by atoms with E-state index in [0.29, 0.717) is 11.3 Å². The normalized spacial score (nSPS) is 12.5. The highest BCUT2D eigenvalue weighted by atomic mass is 16.6. The Kier molecular flexibility index (Phi) is 7.10. The third-order valence-electron chi connectivity index (χ3n) is 3.47. The van der Waals surface area contributed by atoms with Crippen LogP contribution in [0, 0.1) is 0 Å².